The maximum Gasteiger partial charge on any atom is -0.00258 e. The van der Waals surface area contributed by atoms with Crippen LogP contribution in [0.4, 0.5) is 0 Å². The Morgan fingerprint density at radius 1 is 0.696 bits per heavy atom. The lowest BCUT2D eigenvalue weighted by atomic mass is 9.98. The molecule has 0 aliphatic heterocycles. The highest BCUT2D eigenvalue weighted by atomic mass is 14.1. The lowest BCUT2D eigenvalue weighted by Crippen LogP contribution is -1.89. The van der Waals surface area contributed by atoms with Crippen molar-refractivity contribution in [2.45, 2.75) is 20.3 Å². The third-order valence-corrected chi connectivity index (χ3v) is 4.42. The Morgan fingerprint density at radius 3 is 1.83 bits per heavy atom. The molecule has 0 bridgehead atoms. The summed E-state index contributed by atoms with van der Waals surface area (Å²) in [6.07, 6.45) is 2.84. The number of aryl methyl sites for hydroxylation is 2. The Hall–Kier alpha value is -2.60. The standard InChI is InChI=1S/C23H22/c1-4-19-6-8-20(9-7-19)16-21-10-13-22(14-11-21)23-12-5-17(2)18(3)15-23/h4-15H,1,16H2,2-3H3. The van der Waals surface area contributed by atoms with E-state index in [1.54, 1.807) is 0 Å². The molecule has 0 heterocycles. The maximum atomic E-state index is 3.79. The molecule has 0 fully saturated rings. The van der Waals surface area contributed by atoms with Gasteiger partial charge in [-0.3, -0.25) is 0 Å². The van der Waals surface area contributed by atoms with Crippen LogP contribution in [0.25, 0.3) is 17.2 Å². The molecule has 3 rings (SSSR count). The SMILES string of the molecule is C=Cc1ccc(Cc2ccc(-c3ccc(C)c(C)c3)cc2)cc1. The lowest BCUT2D eigenvalue weighted by Gasteiger charge is -2.07. The summed E-state index contributed by atoms with van der Waals surface area (Å²) in [5.74, 6) is 0. The molecule has 3 aromatic carbocycles. The van der Waals surface area contributed by atoms with Gasteiger partial charge in [0, 0.05) is 0 Å². The van der Waals surface area contributed by atoms with Crippen molar-refractivity contribution in [2.24, 2.45) is 0 Å². The summed E-state index contributed by atoms with van der Waals surface area (Å²) in [6, 6.07) is 24.1. The fourth-order valence-corrected chi connectivity index (χ4v) is 2.74. The summed E-state index contributed by atoms with van der Waals surface area (Å²) in [5, 5.41) is 0. The van der Waals surface area contributed by atoms with Crippen molar-refractivity contribution in [1.82, 2.24) is 0 Å². The molecule has 0 radical (unpaired) electrons. The van der Waals surface area contributed by atoms with Crippen molar-refractivity contribution in [3.8, 4) is 11.1 Å². The zero-order valence-corrected chi connectivity index (χ0v) is 13.8. The molecule has 0 N–H and O–H groups in total. The van der Waals surface area contributed by atoms with Gasteiger partial charge in [-0.05, 0) is 59.2 Å². The highest BCUT2D eigenvalue weighted by molar-refractivity contribution is 5.65. The second-order valence-corrected chi connectivity index (χ2v) is 6.12. The van der Waals surface area contributed by atoms with Crippen LogP contribution in [0, 0.1) is 13.8 Å². The summed E-state index contributed by atoms with van der Waals surface area (Å²) < 4.78 is 0. The highest BCUT2D eigenvalue weighted by Crippen LogP contribution is 2.23. The van der Waals surface area contributed by atoms with Crippen LogP contribution in [0.5, 0.6) is 0 Å². The van der Waals surface area contributed by atoms with Gasteiger partial charge >= 0.3 is 0 Å². The Bertz CT molecular complexity index is 806. The topological polar surface area (TPSA) is 0 Å². The molecule has 0 aliphatic carbocycles. The molecule has 0 nitrogen and oxygen atoms in total. The van der Waals surface area contributed by atoms with Crippen LogP contribution >= 0.6 is 0 Å². The van der Waals surface area contributed by atoms with E-state index in [4.69, 9.17) is 0 Å². The first-order chi connectivity index (χ1) is 11.2. The summed E-state index contributed by atoms with van der Waals surface area (Å²) in [4.78, 5) is 0. The van der Waals surface area contributed by atoms with Crippen LogP contribution in [0.2, 0.25) is 0 Å². The van der Waals surface area contributed by atoms with Gasteiger partial charge in [0.15, 0.2) is 0 Å². The molecule has 23 heavy (non-hydrogen) atoms. The molecule has 0 spiro atoms. The summed E-state index contributed by atoms with van der Waals surface area (Å²) in [6.45, 7) is 8.11. The molecule has 0 heteroatoms. The van der Waals surface area contributed by atoms with Gasteiger partial charge in [-0.1, -0.05) is 79.4 Å². The molecule has 0 saturated heterocycles. The third kappa shape index (κ3) is 3.60. The molecule has 0 amide bonds. The van der Waals surface area contributed by atoms with Gasteiger partial charge < -0.3 is 0 Å². The minimum atomic E-state index is 0.963. The van der Waals surface area contributed by atoms with E-state index in [0.29, 0.717) is 0 Å². The minimum absolute atomic E-state index is 0.963. The van der Waals surface area contributed by atoms with E-state index in [9.17, 15) is 0 Å². The molecule has 0 atom stereocenters. The van der Waals surface area contributed by atoms with Crippen LogP contribution in [0.3, 0.4) is 0 Å². The molecule has 3 aromatic rings. The van der Waals surface area contributed by atoms with Crippen LogP contribution in [-0.4, -0.2) is 0 Å². The van der Waals surface area contributed by atoms with Crippen molar-refractivity contribution < 1.29 is 0 Å². The zero-order chi connectivity index (χ0) is 16.2. The quantitative estimate of drug-likeness (QED) is 0.537. The molecular weight excluding hydrogens is 276 g/mol. The average molecular weight is 298 g/mol. The Labute approximate surface area is 139 Å². The number of rotatable bonds is 4. The van der Waals surface area contributed by atoms with Crippen molar-refractivity contribution >= 4 is 6.08 Å². The molecule has 0 unspecified atom stereocenters. The summed E-state index contributed by atoms with van der Waals surface area (Å²) >= 11 is 0. The van der Waals surface area contributed by atoms with Gasteiger partial charge in [-0.15, -0.1) is 0 Å². The monoisotopic (exact) mass is 298 g/mol. The molecule has 0 aromatic heterocycles. The van der Waals surface area contributed by atoms with Crippen LogP contribution in [0.1, 0.15) is 27.8 Å². The second kappa shape index (κ2) is 6.66. The van der Waals surface area contributed by atoms with Gasteiger partial charge in [-0.25, -0.2) is 0 Å². The lowest BCUT2D eigenvalue weighted by molar-refractivity contribution is 1.19. The fourth-order valence-electron chi connectivity index (χ4n) is 2.74. The summed E-state index contributed by atoms with van der Waals surface area (Å²) in [7, 11) is 0. The van der Waals surface area contributed by atoms with Crippen LogP contribution in [-0.2, 0) is 6.42 Å². The molecule has 114 valence electrons. The molecule has 0 saturated carbocycles. The van der Waals surface area contributed by atoms with Crippen molar-refractivity contribution in [3.63, 3.8) is 0 Å². The van der Waals surface area contributed by atoms with E-state index >= 15 is 0 Å². The van der Waals surface area contributed by atoms with Crippen LogP contribution < -0.4 is 0 Å². The van der Waals surface area contributed by atoms with Gasteiger partial charge in [-0.2, -0.15) is 0 Å². The Kier molecular flexibility index (Phi) is 4.43. The first kappa shape index (κ1) is 15.3. The van der Waals surface area contributed by atoms with Crippen molar-refractivity contribution in [2.75, 3.05) is 0 Å². The number of hydrogen-bond acceptors (Lipinski definition) is 0. The predicted molar refractivity (Wildman–Crippen MR) is 101 cm³/mol. The van der Waals surface area contributed by atoms with Gasteiger partial charge in [0.25, 0.3) is 0 Å². The smallest absolute Gasteiger partial charge is 0.00258 e. The van der Waals surface area contributed by atoms with Crippen molar-refractivity contribution in [1.29, 1.82) is 0 Å². The maximum absolute atomic E-state index is 3.79. The largest absolute Gasteiger partial charge is 0.0985 e. The number of hydrogen-bond donors (Lipinski definition) is 0. The van der Waals surface area contributed by atoms with Gasteiger partial charge in [0.05, 0.1) is 0 Å². The van der Waals surface area contributed by atoms with E-state index in [1.165, 1.54) is 38.9 Å². The Balaban J connectivity index is 1.78. The third-order valence-electron chi connectivity index (χ3n) is 4.42. The second-order valence-electron chi connectivity index (χ2n) is 6.12. The molecular formula is C23H22. The predicted octanol–water partition coefficient (Wildman–Crippen LogP) is 6.20. The normalized spacial score (nSPS) is 10.5. The van der Waals surface area contributed by atoms with Crippen molar-refractivity contribution in [3.05, 3.63) is 101 Å². The average Bonchev–Trinajstić information content (AvgIpc) is 2.59. The van der Waals surface area contributed by atoms with Gasteiger partial charge in [0.1, 0.15) is 0 Å². The molecule has 0 aliphatic rings. The number of benzene rings is 3. The van der Waals surface area contributed by atoms with E-state index in [0.717, 1.165) is 6.42 Å². The Morgan fingerprint density at radius 2 is 1.26 bits per heavy atom. The zero-order valence-electron chi connectivity index (χ0n) is 13.8. The van der Waals surface area contributed by atoms with E-state index < -0.39 is 0 Å². The van der Waals surface area contributed by atoms with E-state index in [2.05, 4.69) is 87.2 Å². The van der Waals surface area contributed by atoms with E-state index in [1.807, 2.05) is 6.08 Å². The fraction of sp³-hybridized carbons (Fsp3) is 0.130. The van der Waals surface area contributed by atoms with E-state index in [-0.39, 0.29) is 0 Å². The minimum Gasteiger partial charge on any atom is -0.0985 e. The first-order valence-corrected chi connectivity index (χ1v) is 8.03. The first-order valence-electron chi connectivity index (χ1n) is 8.03. The highest BCUT2D eigenvalue weighted by Gasteiger charge is 2.01. The van der Waals surface area contributed by atoms with Gasteiger partial charge in [0.2, 0.25) is 0 Å². The summed E-state index contributed by atoms with van der Waals surface area (Å²) in [5.41, 5.74) is 9.08. The van der Waals surface area contributed by atoms with Crippen LogP contribution in [0.15, 0.2) is 73.3 Å².